The van der Waals surface area contributed by atoms with Gasteiger partial charge in [0.1, 0.15) is 0 Å². The van der Waals surface area contributed by atoms with Gasteiger partial charge in [-0.25, -0.2) is 4.98 Å². The van der Waals surface area contributed by atoms with E-state index >= 15 is 0 Å². The second-order valence-corrected chi connectivity index (χ2v) is 4.58. The Kier molecular flexibility index (Phi) is 3.84. The number of hydrazine groups is 1. The standard InChI is InChI=1S/C9H17N3S/c1-4-6(2)9(12-10)8-5-11-7(3)13-8/h5-6,9,12H,4,10H2,1-3H3. The van der Waals surface area contributed by atoms with E-state index in [0.29, 0.717) is 5.92 Å². The number of rotatable bonds is 4. The lowest BCUT2D eigenvalue weighted by Gasteiger charge is -2.19. The highest BCUT2D eigenvalue weighted by Gasteiger charge is 2.18. The third-order valence-corrected chi connectivity index (χ3v) is 3.33. The minimum Gasteiger partial charge on any atom is -0.271 e. The van der Waals surface area contributed by atoms with Gasteiger partial charge in [0.25, 0.3) is 0 Å². The maximum absolute atomic E-state index is 5.52. The monoisotopic (exact) mass is 199 g/mol. The van der Waals surface area contributed by atoms with Gasteiger partial charge < -0.3 is 0 Å². The van der Waals surface area contributed by atoms with Crippen LogP contribution in [0.5, 0.6) is 0 Å². The van der Waals surface area contributed by atoms with E-state index in [9.17, 15) is 0 Å². The molecular weight excluding hydrogens is 182 g/mol. The first-order valence-electron chi connectivity index (χ1n) is 4.57. The van der Waals surface area contributed by atoms with Crippen LogP contribution in [0.15, 0.2) is 6.20 Å². The largest absolute Gasteiger partial charge is 0.271 e. The van der Waals surface area contributed by atoms with Crippen molar-refractivity contribution in [2.24, 2.45) is 11.8 Å². The Balaban J connectivity index is 2.77. The van der Waals surface area contributed by atoms with Gasteiger partial charge in [-0.15, -0.1) is 11.3 Å². The van der Waals surface area contributed by atoms with Crippen LogP contribution in [0.25, 0.3) is 0 Å². The Bertz CT molecular complexity index is 259. The number of aromatic nitrogens is 1. The minimum absolute atomic E-state index is 0.246. The van der Waals surface area contributed by atoms with Gasteiger partial charge >= 0.3 is 0 Å². The summed E-state index contributed by atoms with van der Waals surface area (Å²) in [5.74, 6) is 6.07. The summed E-state index contributed by atoms with van der Waals surface area (Å²) >= 11 is 1.71. The molecule has 0 saturated carbocycles. The molecule has 0 saturated heterocycles. The topological polar surface area (TPSA) is 50.9 Å². The molecule has 0 aromatic carbocycles. The number of thiazole rings is 1. The fourth-order valence-corrected chi connectivity index (χ4v) is 2.26. The minimum atomic E-state index is 0.246. The SMILES string of the molecule is CCC(C)C(NN)c1cnc(C)s1. The van der Waals surface area contributed by atoms with Crippen LogP contribution in [0.3, 0.4) is 0 Å². The number of aryl methyl sites for hydroxylation is 1. The molecule has 0 amide bonds. The highest BCUT2D eigenvalue weighted by molar-refractivity contribution is 7.11. The second kappa shape index (κ2) is 4.69. The van der Waals surface area contributed by atoms with Crippen molar-refractivity contribution in [3.8, 4) is 0 Å². The Hall–Kier alpha value is -0.450. The van der Waals surface area contributed by atoms with E-state index < -0.39 is 0 Å². The molecule has 3 nitrogen and oxygen atoms in total. The molecule has 74 valence electrons. The molecule has 1 rings (SSSR count). The Labute approximate surface area is 83.3 Å². The van der Waals surface area contributed by atoms with E-state index in [1.54, 1.807) is 11.3 Å². The molecule has 0 spiro atoms. The molecule has 0 aliphatic heterocycles. The number of hydrogen-bond acceptors (Lipinski definition) is 4. The highest BCUT2D eigenvalue weighted by atomic mass is 32.1. The summed E-state index contributed by atoms with van der Waals surface area (Å²) in [4.78, 5) is 5.46. The van der Waals surface area contributed by atoms with Gasteiger partial charge in [-0.3, -0.25) is 11.3 Å². The van der Waals surface area contributed by atoms with Crippen molar-refractivity contribution in [3.63, 3.8) is 0 Å². The molecule has 1 aromatic rings. The van der Waals surface area contributed by atoms with Gasteiger partial charge in [-0.2, -0.15) is 0 Å². The fraction of sp³-hybridized carbons (Fsp3) is 0.667. The molecule has 1 aromatic heterocycles. The zero-order valence-electron chi connectivity index (χ0n) is 8.37. The van der Waals surface area contributed by atoms with Gasteiger partial charge in [0.05, 0.1) is 11.0 Å². The molecule has 2 atom stereocenters. The van der Waals surface area contributed by atoms with Gasteiger partial charge in [-0.1, -0.05) is 20.3 Å². The van der Waals surface area contributed by atoms with Crippen LogP contribution >= 0.6 is 11.3 Å². The van der Waals surface area contributed by atoms with Crippen molar-refractivity contribution >= 4 is 11.3 Å². The number of nitrogens with one attached hydrogen (secondary N) is 1. The molecule has 0 aliphatic rings. The van der Waals surface area contributed by atoms with Crippen LogP contribution in [-0.4, -0.2) is 4.98 Å². The van der Waals surface area contributed by atoms with Gasteiger partial charge in [0, 0.05) is 11.1 Å². The van der Waals surface area contributed by atoms with Gasteiger partial charge in [0.15, 0.2) is 0 Å². The average Bonchev–Trinajstić information content (AvgIpc) is 2.53. The summed E-state index contributed by atoms with van der Waals surface area (Å²) in [7, 11) is 0. The van der Waals surface area contributed by atoms with Crippen LogP contribution < -0.4 is 11.3 Å². The van der Waals surface area contributed by atoms with Crippen molar-refractivity contribution in [2.45, 2.75) is 33.2 Å². The first-order chi connectivity index (χ1) is 6.19. The van der Waals surface area contributed by atoms with Crippen molar-refractivity contribution in [1.82, 2.24) is 10.4 Å². The van der Waals surface area contributed by atoms with E-state index in [0.717, 1.165) is 11.4 Å². The Morgan fingerprint density at radius 3 is 2.77 bits per heavy atom. The average molecular weight is 199 g/mol. The molecular formula is C9H17N3S. The maximum atomic E-state index is 5.52. The molecule has 0 radical (unpaired) electrons. The summed E-state index contributed by atoms with van der Waals surface area (Å²) in [6, 6.07) is 0.246. The van der Waals surface area contributed by atoms with E-state index in [4.69, 9.17) is 5.84 Å². The first kappa shape index (κ1) is 10.6. The molecule has 1 heterocycles. The summed E-state index contributed by atoms with van der Waals surface area (Å²) in [6.07, 6.45) is 3.03. The van der Waals surface area contributed by atoms with Crippen LogP contribution in [-0.2, 0) is 0 Å². The lowest BCUT2D eigenvalue weighted by Crippen LogP contribution is -2.31. The first-order valence-corrected chi connectivity index (χ1v) is 5.39. The third-order valence-electron chi connectivity index (χ3n) is 2.34. The van der Waals surface area contributed by atoms with Crippen molar-refractivity contribution in [1.29, 1.82) is 0 Å². The predicted molar refractivity (Wildman–Crippen MR) is 56.4 cm³/mol. The molecule has 13 heavy (non-hydrogen) atoms. The van der Waals surface area contributed by atoms with Gasteiger partial charge in [-0.05, 0) is 12.8 Å². The Morgan fingerprint density at radius 2 is 2.38 bits per heavy atom. The summed E-state index contributed by atoms with van der Waals surface area (Å²) in [5.41, 5.74) is 2.85. The third kappa shape index (κ3) is 2.49. The van der Waals surface area contributed by atoms with E-state index in [1.165, 1.54) is 4.88 Å². The van der Waals surface area contributed by atoms with Gasteiger partial charge in [0.2, 0.25) is 0 Å². The van der Waals surface area contributed by atoms with Crippen LogP contribution in [0.2, 0.25) is 0 Å². The zero-order valence-corrected chi connectivity index (χ0v) is 9.19. The van der Waals surface area contributed by atoms with E-state index in [1.807, 2.05) is 13.1 Å². The number of nitrogens with zero attached hydrogens (tertiary/aromatic N) is 1. The van der Waals surface area contributed by atoms with Crippen molar-refractivity contribution in [3.05, 3.63) is 16.1 Å². The quantitative estimate of drug-likeness (QED) is 0.576. The summed E-state index contributed by atoms with van der Waals surface area (Å²) in [5, 5.41) is 1.10. The molecule has 3 N–H and O–H groups in total. The maximum Gasteiger partial charge on any atom is 0.0897 e. The second-order valence-electron chi connectivity index (χ2n) is 3.31. The Morgan fingerprint density at radius 1 is 1.69 bits per heavy atom. The molecule has 0 fully saturated rings. The summed E-state index contributed by atoms with van der Waals surface area (Å²) in [6.45, 7) is 6.38. The van der Waals surface area contributed by atoms with Crippen molar-refractivity contribution < 1.29 is 0 Å². The van der Waals surface area contributed by atoms with Crippen LogP contribution in [0.4, 0.5) is 0 Å². The molecule has 0 aliphatic carbocycles. The normalized spacial score (nSPS) is 15.7. The fourth-order valence-electron chi connectivity index (χ4n) is 1.28. The van der Waals surface area contributed by atoms with E-state index in [-0.39, 0.29) is 6.04 Å². The number of nitrogens with two attached hydrogens (primary N) is 1. The molecule has 4 heteroatoms. The van der Waals surface area contributed by atoms with Crippen LogP contribution in [0.1, 0.15) is 36.2 Å². The van der Waals surface area contributed by atoms with Crippen molar-refractivity contribution in [2.75, 3.05) is 0 Å². The molecule has 0 bridgehead atoms. The smallest absolute Gasteiger partial charge is 0.0897 e. The zero-order chi connectivity index (χ0) is 9.84. The lowest BCUT2D eigenvalue weighted by molar-refractivity contribution is 0.388. The lowest BCUT2D eigenvalue weighted by atomic mass is 9.99. The van der Waals surface area contributed by atoms with Crippen LogP contribution in [0, 0.1) is 12.8 Å². The molecule has 2 unspecified atom stereocenters. The van der Waals surface area contributed by atoms with E-state index in [2.05, 4.69) is 24.3 Å². The number of hydrogen-bond donors (Lipinski definition) is 2. The highest BCUT2D eigenvalue weighted by Crippen LogP contribution is 2.27. The predicted octanol–water partition coefficient (Wildman–Crippen LogP) is 2.00. The summed E-state index contributed by atoms with van der Waals surface area (Å²) < 4.78 is 0.